The van der Waals surface area contributed by atoms with Crippen molar-refractivity contribution in [2.24, 2.45) is 0 Å². The second-order valence-electron chi connectivity index (χ2n) is 3.94. The fourth-order valence-electron chi connectivity index (χ4n) is 1.21. The van der Waals surface area contributed by atoms with E-state index in [1.807, 2.05) is 0 Å². The number of nitrogens with two attached hydrogens (primary N) is 1. The molecule has 0 aliphatic rings. The topological polar surface area (TPSA) is 117 Å². The number of urea groups is 1. The fourth-order valence-corrected chi connectivity index (χ4v) is 2.31. The predicted molar refractivity (Wildman–Crippen MR) is 70.9 cm³/mol. The van der Waals surface area contributed by atoms with E-state index in [0.29, 0.717) is 0 Å². The van der Waals surface area contributed by atoms with Crippen molar-refractivity contribution in [3.05, 3.63) is 18.5 Å². The average molecular weight is 287 g/mol. The molecule has 19 heavy (non-hydrogen) atoms. The van der Waals surface area contributed by atoms with E-state index in [0.717, 1.165) is 0 Å². The van der Waals surface area contributed by atoms with Crippen LogP contribution in [0.5, 0.6) is 0 Å². The van der Waals surface area contributed by atoms with E-state index in [1.54, 1.807) is 14.1 Å². The second kappa shape index (κ2) is 6.34. The summed E-state index contributed by atoms with van der Waals surface area (Å²) in [5, 5.41) is 2.53. The lowest BCUT2D eigenvalue weighted by atomic mass is 10.4. The second-order valence-corrected chi connectivity index (χ2v) is 5.67. The first-order valence-corrected chi connectivity index (χ1v) is 6.97. The van der Waals surface area contributed by atoms with E-state index in [2.05, 4.69) is 15.0 Å². The third kappa shape index (κ3) is 4.38. The van der Waals surface area contributed by atoms with E-state index >= 15 is 0 Å². The van der Waals surface area contributed by atoms with Crippen molar-refractivity contribution in [3.8, 4) is 0 Å². The van der Waals surface area contributed by atoms with Crippen LogP contribution in [0.1, 0.15) is 0 Å². The van der Waals surface area contributed by atoms with Gasteiger partial charge in [0, 0.05) is 39.6 Å². The largest absolute Gasteiger partial charge is 0.398 e. The Bertz CT molecular complexity index is 544. The zero-order valence-electron chi connectivity index (χ0n) is 10.8. The van der Waals surface area contributed by atoms with Crippen molar-refractivity contribution in [2.45, 2.75) is 4.90 Å². The molecule has 0 bridgehead atoms. The van der Waals surface area contributed by atoms with Crippen molar-refractivity contribution in [2.75, 3.05) is 32.9 Å². The molecule has 0 aliphatic heterocycles. The van der Waals surface area contributed by atoms with Crippen LogP contribution in [0.3, 0.4) is 0 Å². The molecule has 0 unspecified atom stereocenters. The molecular formula is C10H17N5O3S. The molecular weight excluding hydrogens is 270 g/mol. The number of sulfonamides is 1. The van der Waals surface area contributed by atoms with E-state index in [-0.39, 0.29) is 29.7 Å². The molecule has 9 heteroatoms. The van der Waals surface area contributed by atoms with E-state index < -0.39 is 10.0 Å². The quantitative estimate of drug-likeness (QED) is 0.614. The zero-order valence-corrected chi connectivity index (χ0v) is 11.6. The van der Waals surface area contributed by atoms with Gasteiger partial charge in [-0.2, -0.15) is 0 Å². The number of hydrogen-bond donors (Lipinski definition) is 3. The van der Waals surface area contributed by atoms with Crippen LogP contribution in [-0.2, 0) is 10.0 Å². The van der Waals surface area contributed by atoms with Crippen molar-refractivity contribution < 1.29 is 13.2 Å². The summed E-state index contributed by atoms with van der Waals surface area (Å²) in [5.74, 6) is 0. The number of rotatable bonds is 5. The molecule has 0 aromatic carbocycles. The van der Waals surface area contributed by atoms with Crippen LogP contribution in [0.25, 0.3) is 0 Å². The van der Waals surface area contributed by atoms with Gasteiger partial charge in [0.15, 0.2) is 0 Å². The normalized spacial score (nSPS) is 11.1. The lowest BCUT2D eigenvalue weighted by Gasteiger charge is -2.12. The Balaban J connectivity index is 2.53. The molecule has 1 heterocycles. The molecule has 2 amide bonds. The number of nitrogen functional groups attached to an aromatic ring is 1. The first-order chi connectivity index (χ1) is 8.84. The molecule has 106 valence electrons. The standard InChI is InChI=1S/C10H17N5O3S/c1-15(2)10(16)13-5-6-14-19(17,18)9-7-12-4-3-8(9)11/h3-4,7,14H,5-6H2,1-2H3,(H2,11,12)(H,13,16). The number of aromatic nitrogens is 1. The summed E-state index contributed by atoms with van der Waals surface area (Å²) in [7, 11) is -0.525. The molecule has 4 N–H and O–H groups in total. The highest BCUT2D eigenvalue weighted by atomic mass is 32.2. The SMILES string of the molecule is CN(C)C(=O)NCCNS(=O)(=O)c1cnccc1N. The minimum Gasteiger partial charge on any atom is -0.398 e. The molecule has 1 aromatic rings. The van der Waals surface area contributed by atoms with E-state index in [9.17, 15) is 13.2 Å². The summed E-state index contributed by atoms with van der Waals surface area (Å²) in [4.78, 5) is 16.2. The van der Waals surface area contributed by atoms with Gasteiger partial charge in [0.25, 0.3) is 0 Å². The number of anilines is 1. The fraction of sp³-hybridized carbons (Fsp3) is 0.400. The van der Waals surface area contributed by atoms with Gasteiger partial charge in [-0.05, 0) is 6.07 Å². The third-order valence-corrected chi connectivity index (χ3v) is 3.71. The van der Waals surface area contributed by atoms with Gasteiger partial charge in [-0.25, -0.2) is 17.9 Å². The lowest BCUT2D eigenvalue weighted by molar-refractivity contribution is 0.217. The summed E-state index contributed by atoms with van der Waals surface area (Å²) < 4.78 is 26.1. The third-order valence-electron chi connectivity index (χ3n) is 2.21. The lowest BCUT2D eigenvalue weighted by Crippen LogP contribution is -2.39. The number of carbonyl (C=O) groups is 1. The van der Waals surface area contributed by atoms with Gasteiger partial charge in [0.1, 0.15) is 4.90 Å². The molecule has 0 saturated carbocycles. The molecule has 8 nitrogen and oxygen atoms in total. The Morgan fingerprint density at radius 1 is 1.42 bits per heavy atom. The first kappa shape index (κ1) is 15.2. The van der Waals surface area contributed by atoms with Gasteiger partial charge in [0.05, 0.1) is 5.69 Å². The van der Waals surface area contributed by atoms with Crippen LogP contribution in [0.15, 0.2) is 23.4 Å². The minimum absolute atomic E-state index is 0.0657. The molecule has 0 radical (unpaired) electrons. The van der Waals surface area contributed by atoms with Gasteiger partial charge >= 0.3 is 6.03 Å². The highest BCUT2D eigenvalue weighted by molar-refractivity contribution is 7.89. The predicted octanol–water partition coefficient (Wildman–Crippen LogP) is -0.787. The van der Waals surface area contributed by atoms with Crippen LogP contribution >= 0.6 is 0 Å². The Labute approximate surface area is 112 Å². The summed E-state index contributed by atoms with van der Waals surface area (Å²) >= 11 is 0. The molecule has 0 fully saturated rings. The highest BCUT2D eigenvalue weighted by Gasteiger charge is 2.16. The van der Waals surface area contributed by atoms with E-state index in [1.165, 1.54) is 23.4 Å². The molecule has 0 spiro atoms. The van der Waals surface area contributed by atoms with E-state index in [4.69, 9.17) is 5.73 Å². The Hall–Kier alpha value is -1.87. The summed E-state index contributed by atoms with van der Waals surface area (Å²) in [5.41, 5.74) is 5.69. The van der Waals surface area contributed by atoms with Gasteiger partial charge in [-0.3, -0.25) is 4.98 Å². The van der Waals surface area contributed by atoms with Gasteiger partial charge in [-0.1, -0.05) is 0 Å². The van der Waals surface area contributed by atoms with Gasteiger partial charge in [0.2, 0.25) is 10.0 Å². The van der Waals surface area contributed by atoms with Crippen LogP contribution in [0.4, 0.5) is 10.5 Å². The number of hydrogen-bond acceptors (Lipinski definition) is 5. The number of pyridine rings is 1. The van der Waals surface area contributed by atoms with Crippen molar-refractivity contribution >= 4 is 21.7 Å². The summed E-state index contributed by atoms with van der Waals surface area (Å²) in [6.45, 7) is 0.243. The van der Waals surface area contributed by atoms with Crippen LogP contribution in [-0.4, -0.2) is 51.5 Å². The molecule has 1 rings (SSSR count). The molecule has 0 aliphatic carbocycles. The Kier molecular flexibility index (Phi) is 5.07. The minimum atomic E-state index is -3.71. The number of carbonyl (C=O) groups excluding carboxylic acids is 1. The first-order valence-electron chi connectivity index (χ1n) is 5.49. The summed E-state index contributed by atoms with van der Waals surface area (Å²) in [6, 6.07) is 1.11. The maximum absolute atomic E-state index is 11.9. The monoisotopic (exact) mass is 287 g/mol. The number of nitrogens with one attached hydrogen (secondary N) is 2. The van der Waals surface area contributed by atoms with Crippen LogP contribution in [0.2, 0.25) is 0 Å². The average Bonchev–Trinajstić information content (AvgIpc) is 2.34. The maximum Gasteiger partial charge on any atom is 0.316 e. The Morgan fingerprint density at radius 3 is 2.68 bits per heavy atom. The summed E-state index contributed by atoms with van der Waals surface area (Å²) in [6.07, 6.45) is 2.59. The number of amides is 2. The Morgan fingerprint density at radius 2 is 2.11 bits per heavy atom. The maximum atomic E-state index is 11.9. The zero-order chi connectivity index (χ0) is 14.5. The number of nitrogens with zero attached hydrogens (tertiary/aromatic N) is 2. The molecule has 0 saturated heterocycles. The van der Waals surface area contributed by atoms with Crippen molar-refractivity contribution in [3.63, 3.8) is 0 Å². The van der Waals surface area contributed by atoms with Crippen LogP contribution in [0, 0.1) is 0 Å². The smallest absolute Gasteiger partial charge is 0.316 e. The molecule has 0 atom stereocenters. The van der Waals surface area contributed by atoms with Gasteiger partial charge < -0.3 is 16.0 Å². The van der Waals surface area contributed by atoms with Crippen molar-refractivity contribution in [1.82, 2.24) is 19.9 Å². The van der Waals surface area contributed by atoms with Crippen LogP contribution < -0.4 is 15.8 Å². The van der Waals surface area contributed by atoms with Gasteiger partial charge in [-0.15, -0.1) is 0 Å². The highest BCUT2D eigenvalue weighted by Crippen LogP contribution is 2.14. The molecule has 1 aromatic heterocycles. The van der Waals surface area contributed by atoms with Crippen molar-refractivity contribution in [1.29, 1.82) is 0 Å².